The van der Waals surface area contributed by atoms with E-state index in [1.807, 2.05) is 45.2 Å². The summed E-state index contributed by atoms with van der Waals surface area (Å²) < 4.78 is 0. The smallest absolute Gasteiger partial charge is 0.318 e. The molecule has 1 aromatic rings. The van der Waals surface area contributed by atoms with Crippen LogP contribution >= 0.6 is 0 Å². The van der Waals surface area contributed by atoms with Gasteiger partial charge in [0.15, 0.2) is 0 Å². The Morgan fingerprint density at radius 2 is 1.93 bits per heavy atom. The average molecular weight is 190 g/mol. The number of rotatable bonds is 0. The highest BCUT2D eigenvalue weighted by molar-refractivity contribution is 5.93. The molecule has 1 aromatic carbocycles. The second kappa shape index (κ2) is 2.74. The van der Waals surface area contributed by atoms with E-state index in [-0.39, 0.29) is 11.6 Å². The van der Waals surface area contributed by atoms with Crippen LogP contribution in [0, 0.1) is 0 Å². The van der Waals surface area contributed by atoms with E-state index in [0.29, 0.717) is 0 Å². The second-order valence-corrected chi connectivity index (χ2v) is 4.09. The van der Waals surface area contributed by atoms with Crippen molar-refractivity contribution >= 4 is 11.7 Å². The molecule has 0 aromatic heterocycles. The number of anilines is 1. The lowest BCUT2D eigenvalue weighted by atomic mass is 9.89. The Labute approximate surface area is 83.7 Å². The quantitative estimate of drug-likeness (QED) is 0.669. The van der Waals surface area contributed by atoms with Gasteiger partial charge in [-0.1, -0.05) is 18.2 Å². The van der Waals surface area contributed by atoms with Gasteiger partial charge in [0.1, 0.15) is 0 Å². The number of fused-ring (bicyclic) bond motifs is 1. The van der Waals surface area contributed by atoms with Gasteiger partial charge in [-0.25, -0.2) is 4.79 Å². The van der Waals surface area contributed by atoms with E-state index in [9.17, 15) is 4.79 Å². The maximum Gasteiger partial charge on any atom is 0.322 e. The fourth-order valence-corrected chi connectivity index (χ4v) is 1.76. The van der Waals surface area contributed by atoms with Crippen LogP contribution in [-0.2, 0) is 5.54 Å². The summed E-state index contributed by atoms with van der Waals surface area (Å²) in [5, 5.41) is 2.85. The topological polar surface area (TPSA) is 32.3 Å². The van der Waals surface area contributed by atoms with Gasteiger partial charge in [-0.3, -0.25) is 0 Å². The van der Waals surface area contributed by atoms with Crippen molar-refractivity contribution in [2.24, 2.45) is 0 Å². The van der Waals surface area contributed by atoms with E-state index in [1.165, 1.54) is 0 Å². The zero-order valence-electron chi connectivity index (χ0n) is 8.66. The maximum atomic E-state index is 11.6. The lowest BCUT2D eigenvalue weighted by Gasteiger charge is -2.41. The standard InChI is InChI=1S/C11H14N2O/c1-11(2)8-6-4-5-7-9(8)12-10(14)13(11)3/h4-7H,1-3H3,(H,12,14). The van der Waals surface area contributed by atoms with Crippen molar-refractivity contribution in [3.05, 3.63) is 29.8 Å². The fraction of sp³-hybridized carbons (Fsp3) is 0.364. The molecule has 2 rings (SSSR count). The van der Waals surface area contributed by atoms with Gasteiger partial charge in [-0.2, -0.15) is 0 Å². The predicted octanol–water partition coefficient (Wildman–Crippen LogP) is 2.40. The number of carbonyl (C=O) groups is 1. The average Bonchev–Trinajstić information content (AvgIpc) is 2.15. The van der Waals surface area contributed by atoms with Crippen LogP contribution in [0.5, 0.6) is 0 Å². The molecule has 1 aliphatic rings. The lowest BCUT2D eigenvalue weighted by Crippen LogP contribution is -2.49. The van der Waals surface area contributed by atoms with Gasteiger partial charge >= 0.3 is 6.03 Å². The summed E-state index contributed by atoms with van der Waals surface area (Å²) in [4.78, 5) is 13.3. The highest BCUT2D eigenvalue weighted by atomic mass is 16.2. The summed E-state index contributed by atoms with van der Waals surface area (Å²) in [6, 6.07) is 7.85. The van der Waals surface area contributed by atoms with Gasteiger partial charge in [-0.15, -0.1) is 0 Å². The summed E-state index contributed by atoms with van der Waals surface area (Å²) in [5.74, 6) is 0. The van der Waals surface area contributed by atoms with Crippen LogP contribution in [-0.4, -0.2) is 18.0 Å². The van der Waals surface area contributed by atoms with Crippen molar-refractivity contribution in [2.75, 3.05) is 12.4 Å². The number of hydrogen-bond acceptors (Lipinski definition) is 1. The molecule has 0 atom stereocenters. The number of nitrogens with one attached hydrogen (secondary N) is 1. The van der Waals surface area contributed by atoms with Crippen LogP contribution in [0.15, 0.2) is 24.3 Å². The second-order valence-electron chi connectivity index (χ2n) is 4.09. The largest absolute Gasteiger partial charge is 0.322 e. The normalized spacial score (nSPS) is 18.8. The van der Waals surface area contributed by atoms with Crippen molar-refractivity contribution in [3.63, 3.8) is 0 Å². The van der Waals surface area contributed by atoms with E-state index < -0.39 is 0 Å². The Hall–Kier alpha value is -1.51. The molecule has 0 fully saturated rings. The minimum atomic E-state index is -0.237. The van der Waals surface area contributed by atoms with Crippen molar-refractivity contribution in [1.29, 1.82) is 0 Å². The third-order valence-electron chi connectivity index (χ3n) is 2.97. The summed E-state index contributed by atoms with van der Waals surface area (Å²) in [5.41, 5.74) is 1.83. The van der Waals surface area contributed by atoms with Crippen molar-refractivity contribution in [2.45, 2.75) is 19.4 Å². The van der Waals surface area contributed by atoms with Crippen LogP contribution in [0.3, 0.4) is 0 Å². The van der Waals surface area contributed by atoms with Crippen LogP contribution in [0.25, 0.3) is 0 Å². The van der Waals surface area contributed by atoms with Crippen LogP contribution in [0.2, 0.25) is 0 Å². The molecule has 0 saturated carbocycles. The molecule has 74 valence electrons. The predicted molar refractivity (Wildman–Crippen MR) is 56.2 cm³/mol. The summed E-state index contributed by atoms with van der Waals surface area (Å²) in [6.07, 6.45) is 0. The molecule has 0 aliphatic carbocycles. The molecule has 0 spiro atoms. The van der Waals surface area contributed by atoms with Crippen LogP contribution in [0.4, 0.5) is 10.5 Å². The van der Waals surface area contributed by atoms with E-state index in [4.69, 9.17) is 0 Å². The molecule has 0 saturated heterocycles. The molecule has 0 bridgehead atoms. The third kappa shape index (κ3) is 1.09. The number of hydrogen-bond donors (Lipinski definition) is 1. The minimum Gasteiger partial charge on any atom is -0.318 e. The zero-order valence-corrected chi connectivity index (χ0v) is 8.66. The fourth-order valence-electron chi connectivity index (χ4n) is 1.76. The summed E-state index contributed by atoms with van der Waals surface area (Å²) in [6.45, 7) is 4.09. The molecule has 2 amide bonds. The highest BCUT2D eigenvalue weighted by Crippen LogP contribution is 2.36. The summed E-state index contributed by atoms with van der Waals surface area (Å²) >= 11 is 0. The first-order valence-electron chi connectivity index (χ1n) is 4.68. The Kier molecular flexibility index (Phi) is 1.77. The number of benzene rings is 1. The molecule has 0 radical (unpaired) electrons. The zero-order chi connectivity index (χ0) is 10.3. The summed E-state index contributed by atoms with van der Waals surface area (Å²) in [7, 11) is 1.81. The molecular formula is C11H14N2O. The first kappa shape index (κ1) is 9.06. The van der Waals surface area contributed by atoms with E-state index in [0.717, 1.165) is 11.3 Å². The molecular weight excluding hydrogens is 176 g/mol. The Morgan fingerprint density at radius 3 is 2.64 bits per heavy atom. The Bertz CT molecular complexity index is 385. The molecule has 3 nitrogen and oxygen atoms in total. The third-order valence-corrected chi connectivity index (χ3v) is 2.97. The SMILES string of the molecule is CN1C(=O)Nc2ccccc2C1(C)C. The van der Waals surface area contributed by atoms with Gasteiger partial charge in [0.2, 0.25) is 0 Å². The Balaban J connectivity index is 2.59. The van der Waals surface area contributed by atoms with Gasteiger partial charge in [0, 0.05) is 18.3 Å². The van der Waals surface area contributed by atoms with Crippen molar-refractivity contribution < 1.29 is 4.79 Å². The number of nitrogens with zero attached hydrogens (tertiary/aromatic N) is 1. The molecule has 1 N–H and O–H groups in total. The van der Waals surface area contributed by atoms with E-state index >= 15 is 0 Å². The van der Waals surface area contributed by atoms with Gasteiger partial charge in [0.05, 0.1) is 5.54 Å². The molecule has 1 heterocycles. The van der Waals surface area contributed by atoms with E-state index in [1.54, 1.807) is 4.90 Å². The number of para-hydroxylation sites is 1. The molecule has 0 unspecified atom stereocenters. The number of carbonyl (C=O) groups excluding carboxylic acids is 1. The van der Waals surface area contributed by atoms with Gasteiger partial charge in [-0.05, 0) is 19.9 Å². The highest BCUT2D eigenvalue weighted by Gasteiger charge is 2.35. The van der Waals surface area contributed by atoms with Crippen molar-refractivity contribution in [3.8, 4) is 0 Å². The lowest BCUT2D eigenvalue weighted by molar-refractivity contribution is 0.164. The molecule has 14 heavy (non-hydrogen) atoms. The Morgan fingerprint density at radius 1 is 1.29 bits per heavy atom. The van der Waals surface area contributed by atoms with Crippen LogP contribution in [0.1, 0.15) is 19.4 Å². The first-order chi connectivity index (χ1) is 6.53. The molecule has 3 heteroatoms. The van der Waals surface area contributed by atoms with Crippen LogP contribution < -0.4 is 5.32 Å². The van der Waals surface area contributed by atoms with E-state index in [2.05, 4.69) is 5.32 Å². The number of amides is 2. The maximum absolute atomic E-state index is 11.6. The van der Waals surface area contributed by atoms with Crippen molar-refractivity contribution in [1.82, 2.24) is 4.90 Å². The molecule has 1 aliphatic heterocycles. The monoisotopic (exact) mass is 190 g/mol. The first-order valence-corrected chi connectivity index (χ1v) is 4.68. The number of urea groups is 1. The van der Waals surface area contributed by atoms with Gasteiger partial charge < -0.3 is 10.2 Å². The minimum absolute atomic E-state index is 0.0475. The van der Waals surface area contributed by atoms with Gasteiger partial charge in [0.25, 0.3) is 0 Å².